The molecule has 1 aliphatic rings. The van der Waals surface area contributed by atoms with Crippen LogP contribution < -0.4 is 4.72 Å². The Morgan fingerprint density at radius 1 is 1.30 bits per heavy atom. The van der Waals surface area contributed by atoms with Gasteiger partial charge in [-0.05, 0) is 48.1 Å². The Balaban J connectivity index is 2.32. The summed E-state index contributed by atoms with van der Waals surface area (Å²) in [7, 11) is -2.59. The molecule has 6 nitrogen and oxygen atoms in total. The lowest BCUT2D eigenvalue weighted by Gasteiger charge is -2.18. The zero-order valence-corrected chi connectivity index (χ0v) is 14.3. The molecule has 1 saturated heterocycles. The van der Waals surface area contributed by atoms with Crippen LogP contribution in [0.4, 0.5) is 0 Å². The summed E-state index contributed by atoms with van der Waals surface area (Å²) < 4.78 is 42.5. The topological polar surface area (TPSA) is 73.9 Å². The predicted molar refractivity (Wildman–Crippen MR) is 81.0 cm³/mol. The quantitative estimate of drug-likeness (QED) is 0.764. The van der Waals surface area contributed by atoms with E-state index in [1.807, 2.05) is 24.3 Å². The molecule has 0 spiro atoms. The standard InChI is InChI=1S/C12H16INO5S/c1-12(2)17-10(8-6-4-5-7-9(8)13)11(18-12)19-20(15,16)14-3/h4-7,10-11,14H,1-3H3. The van der Waals surface area contributed by atoms with Crippen LogP contribution in [0.2, 0.25) is 0 Å². The molecule has 2 rings (SSSR count). The van der Waals surface area contributed by atoms with Gasteiger partial charge in [0.2, 0.25) is 6.29 Å². The van der Waals surface area contributed by atoms with Gasteiger partial charge in [-0.3, -0.25) is 0 Å². The van der Waals surface area contributed by atoms with Crippen LogP contribution in [0, 0.1) is 3.57 Å². The number of halogens is 1. The summed E-state index contributed by atoms with van der Waals surface area (Å²) in [6, 6.07) is 7.52. The van der Waals surface area contributed by atoms with Crippen molar-refractivity contribution < 1.29 is 22.1 Å². The highest BCUT2D eigenvalue weighted by Crippen LogP contribution is 2.40. The van der Waals surface area contributed by atoms with E-state index < -0.39 is 28.5 Å². The normalized spacial score (nSPS) is 25.8. The number of benzene rings is 1. The molecule has 20 heavy (non-hydrogen) atoms. The average molecular weight is 413 g/mol. The SMILES string of the molecule is CNS(=O)(=O)OC1OC(C)(C)OC1c1ccccc1I. The van der Waals surface area contributed by atoms with Crippen molar-refractivity contribution in [2.24, 2.45) is 0 Å². The van der Waals surface area contributed by atoms with Crippen LogP contribution in [0.5, 0.6) is 0 Å². The summed E-state index contributed by atoms with van der Waals surface area (Å²) in [5.74, 6) is -0.919. The molecule has 0 aliphatic carbocycles. The molecule has 1 fully saturated rings. The van der Waals surface area contributed by atoms with Crippen molar-refractivity contribution in [3.63, 3.8) is 0 Å². The lowest BCUT2D eigenvalue weighted by Crippen LogP contribution is -2.31. The minimum atomic E-state index is -3.86. The van der Waals surface area contributed by atoms with Gasteiger partial charge in [-0.1, -0.05) is 18.2 Å². The van der Waals surface area contributed by atoms with Crippen molar-refractivity contribution in [2.75, 3.05) is 7.05 Å². The van der Waals surface area contributed by atoms with E-state index >= 15 is 0 Å². The fraction of sp³-hybridized carbons (Fsp3) is 0.500. The first kappa shape index (κ1) is 16.1. The molecule has 2 atom stereocenters. The third-order valence-corrected chi connectivity index (χ3v) is 4.67. The Morgan fingerprint density at radius 2 is 1.95 bits per heavy atom. The Labute approximate surface area is 132 Å². The van der Waals surface area contributed by atoms with Gasteiger partial charge < -0.3 is 9.47 Å². The molecule has 8 heteroatoms. The number of nitrogens with one attached hydrogen (secondary N) is 1. The fourth-order valence-electron chi connectivity index (χ4n) is 1.89. The molecular formula is C12H16INO5S. The monoisotopic (exact) mass is 413 g/mol. The van der Waals surface area contributed by atoms with Crippen molar-refractivity contribution in [3.8, 4) is 0 Å². The van der Waals surface area contributed by atoms with Gasteiger partial charge in [0.05, 0.1) is 0 Å². The van der Waals surface area contributed by atoms with Crippen LogP contribution >= 0.6 is 22.6 Å². The average Bonchev–Trinajstić information content (AvgIpc) is 2.64. The summed E-state index contributed by atoms with van der Waals surface area (Å²) in [5, 5.41) is 0. The summed E-state index contributed by atoms with van der Waals surface area (Å²) >= 11 is 2.16. The van der Waals surface area contributed by atoms with Gasteiger partial charge >= 0.3 is 10.3 Å². The molecule has 2 unspecified atom stereocenters. The van der Waals surface area contributed by atoms with E-state index in [0.717, 1.165) is 9.13 Å². The van der Waals surface area contributed by atoms with Gasteiger partial charge in [-0.15, -0.1) is 0 Å². The Bertz CT molecular complexity index is 589. The molecule has 1 aromatic rings. The predicted octanol–water partition coefficient (Wildman–Crippen LogP) is 1.92. The van der Waals surface area contributed by atoms with Crippen LogP contribution in [0.15, 0.2) is 24.3 Å². The van der Waals surface area contributed by atoms with Crippen molar-refractivity contribution in [1.82, 2.24) is 4.72 Å². The molecular weight excluding hydrogens is 397 g/mol. The molecule has 1 aromatic carbocycles. The third kappa shape index (κ3) is 3.68. The molecule has 1 aliphatic heterocycles. The zero-order valence-electron chi connectivity index (χ0n) is 11.3. The van der Waals surface area contributed by atoms with Gasteiger partial charge in [0.1, 0.15) is 6.10 Å². The number of rotatable bonds is 4. The van der Waals surface area contributed by atoms with E-state index in [-0.39, 0.29) is 0 Å². The van der Waals surface area contributed by atoms with Crippen LogP contribution in [0.25, 0.3) is 0 Å². The maximum Gasteiger partial charge on any atom is 0.338 e. The number of ether oxygens (including phenoxy) is 2. The lowest BCUT2D eigenvalue weighted by molar-refractivity contribution is -0.167. The van der Waals surface area contributed by atoms with Crippen molar-refractivity contribution in [2.45, 2.75) is 32.0 Å². The molecule has 0 amide bonds. The Kier molecular flexibility index (Phi) is 4.72. The van der Waals surface area contributed by atoms with E-state index in [1.165, 1.54) is 7.05 Å². The molecule has 0 saturated carbocycles. The maximum atomic E-state index is 11.6. The van der Waals surface area contributed by atoms with Gasteiger partial charge in [0.25, 0.3) is 0 Å². The van der Waals surface area contributed by atoms with Crippen LogP contribution in [-0.4, -0.2) is 27.5 Å². The summed E-state index contributed by atoms with van der Waals surface area (Å²) in [6.45, 7) is 3.43. The van der Waals surface area contributed by atoms with Crippen LogP contribution in [-0.2, 0) is 24.0 Å². The summed E-state index contributed by atoms with van der Waals surface area (Å²) in [5.41, 5.74) is 0.829. The van der Waals surface area contributed by atoms with E-state index in [0.29, 0.717) is 0 Å². The number of hydrogen-bond donors (Lipinski definition) is 1. The van der Waals surface area contributed by atoms with Gasteiger partial charge in [-0.2, -0.15) is 13.1 Å². The smallest absolute Gasteiger partial charge is 0.337 e. The highest BCUT2D eigenvalue weighted by Gasteiger charge is 2.45. The van der Waals surface area contributed by atoms with Crippen LogP contribution in [0.3, 0.4) is 0 Å². The minimum Gasteiger partial charge on any atom is -0.337 e. The Hall–Kier alpha value is -0.260. The summed E-state index contributed by atoms with van der Waals surface area (Å²) in [6.07, 6.45) is -1.64. The first-order chi connectivity index (χ1) is 9.24. The molecule has 0 radical (unpaired) electrons. The van der Waals surface area contributed by atoms with Crippen LogP contribution in [0.1, 0.15) is 25.5 Å². The van der Waals surface area contributed by atoms with E-state index in [1.54, 1.807) is 13.8 Å². The summed E-state index contributed by atoms with van der Waals surface area (Å²) in [4.78, 5) is 0. The van der Waals surface area contributed by atoms with Gasteiger partial charge in [0, 0.05) is 10.6 Å². The van der Waals surface area contributed by atoms with Crippen molar-refractivity contribution in [3.05, 3.63) is 33.4 Å². The third-order valence-electron chi connectivity index (χ3n) is 2.74. The van der Waals surface area contributed by atoms with Crippen molar-refractivity contribution in [1.29, 1.82) is 0 Å². The lowest BCUT2D eigenvalue weighted by atomic mass is 10.1. The molecule has 112 valence electrons. The second-order valence-electron chi connectivity index (χ2n) is 4.70. The highest BCUT2D eigenvalue weighted by molar-refractivity contribution is 14.1. The van der Waals surface area contributed by atoms with E-state index in [4.69, 9.17) is 13.7 Å². The maximum absolute atomic E-state index is 11.6. The molecule has 1 N–H and O–H groups in total. The minimum absolute atomic E-state index is 0.610. The van der Waals surface area contributed by atoms with Crippen molar-refractivity contribution >= 4 is 32.9 Å². The van der Waals surface area contributed by atoms with E-state index in [2.05, 4.69) is 27.3 Å². The van der Waals surface area contributed by atoms with E-state index in [9.17, 15) is 8.42 Å². The Morgan fingerprint density at radius 3 is 2.55 bits per heavy atom. The first-order valence-electron chi connectivity index (χ1n) is 5.96. The molecule has 0 bridgehead atoms. The fourth-order valence-corrected chi connectivity index (χ4v) is 3.07. The first-order valence-corrected chi connectivity index (χ1v) is 8.44. The second kappa shape index (κ2) is 5.85. The highest BCUT2D eigenvalue weighted by atomic mass is 127. The van der Waals surface area contributed by atoms with Gasteiger partial charge in [-0.25, -0.2) is 4.18 Å². The molecule has 0 aromatic heterocycles. The second-order valence-corrected chi connectivity index (χ2v) is 7.37. The molecule has 1 heterocycles. The largest absolute Gasteiger partial charge is 0.338 e. The zero-order chi connectivity index (χ0) is 15.0. The number of hydrogen-bond acceptors (Lipinski definition) is 5. The van der Waals surface area contributed by atoms with Gasteiger partial charge in [0.15, 0.2) is 5.79 Å².